The minimum absolute atomic E-state index is 0.0227. The van der Waals surface area contributed by atoms with E-state index >= 15 is 0 Å². The van der Waals surface area contributed by atoms with Crippen LogP contribution in [-0.4, -0.2) is 95.6 Å². The van der Waals surface area contributed by atoms with E-state index in [0.29, 0.717) is 25.7 Å². The number of aliphatic hydroxyl groups excluding tert-OH is 2. The maximum Gasteiger partial charge on any atom is 0.161 e. The number of aliphatic imine (C=N–C) groups is 1. The monoisotopic (exact) mass is 585 g/mol. The number of carbonyl (C=O) groups excluding carboxylic acids is 1. The van der Waals surface area contributed by atoms with Gasteiger partial charge in [-0.05, 0) is 58.3 Å². The summed E-state index contributed by atoms with van der Waals surface area (Å²) in [6.07, 6.45) is -1.44. The minimum Gasteiger partial charge on any atom is -0.389 e. The SMILES string of the molecule is CC[C@H]1CC(=O)C(C)[C@@H](O[C@H]2C[C@@](C)(OC)[C@@H](O)C(C)O2)[C@H](C)C[C@](C)(OC)C[C@@H](C)C(=NC)C(C)C(O)[C@]1(C)O. The molecule has 41 heavy (non-hydrogen) atoms. The quantitative estimate of drug-likeness (QED) is 0.439. The largest absolute Gasteiger partial charge is 0.389 e. The van der Waals surface area contributed by atoms with E-state index in [-0.39, 0.29) is 24.0 Å². The molecule has 1 aliphatic carbocycles. The maximum absolute atomic E-state index is 13.9. The molecule has 1 aliphatic heterocycles. The van der Waals surface area contributed by atoms with Crippen LogP contribution in [0, 0.1) is 29.6 Å². The Hall–Kier alpha value is -0.940. The van der Waals surface area contributed by atoms with Crippen molar-refractivity contribution in [2.45, 2.75) is 142 Å². The van der Waals surface area contributed by atoms with Crippen molar-refractivity contribution in [1.82, 2.24) is 0 Å². The highest BCUT2D eigenvalue weighted by Crippen LogP contribution is 2.40. The zero-order chi connectivity index (χ0) is 31.5. The number of carbonyl (C=O) groups is 1. The third-order valence-corrected chi connectivity index (χ3v) is 10.4. The number of nitrogens with zero attached hydrogens (tertiary/aromatic N) is 1. The summed E-state index contributed by atoms with van der Waals surface area (Å²) in [4.78, 5) is 18.5. The molecule has 9 heteroatoms. The summed E-state index contributed by atoms with van der Waals surface area (Å²) in [6.45, 7) is 17.2. The second-order valence-electron chi connectivity index (χ2n) is 13.6. The maximum atomic E-state index is 13.9. The first-order chi connectivity index (χ1) is 18.9. The van der Waals surface area contributed by atoms with Crippen molar-refractivity contribution < 1.29 is 39.1 Å². The van der Waals surface area contributed by atoms with Crippen LogP contribution in [0.15, 0.2) is 4.99 Å². The molecular weight excluding hydrogens is 526 g/mol. The average molecular weight is 586 g/mol. The van der Waals surface area contributed by atoms with Crippen LogP contribution < -0.4 is 0 Å². The Kier molecular flexibility index (Phi) is 12.6. The molecule has 0 radical (unpaired) electrons. The number of methoxy groups -OCH3 is 2. The van der Waals surface area contributed by atoms with Gasteiger partial charge in [-0.3, -0.25) is 9.79 Å². The van der Waals surface area contributed by atoms with Gasteiger partial charge >= 0.3 is 0 Å². The van der Waals surface area contributed by atoms with E-state index < -0.39 is 65.3 Å². The Morgan fingerprint density at radius 1 is 0.951 bits per heavy atom. The second-order valence-corrected chi connectivity index (χ2v) is 13.6. The van der Waals surface area contributed by atoms with E-state index in [1.165, 1.54) is 0 Å². The van der Waals surface area contributed by atoms with Crippen LogP contribution in [0.5, 0.6) is 0 Å². The molecule has 2 aliphatic rings. The van der Waals surface area contributed by atoms with Crippen LogP contribution in [0.2, 0.25) is 0 Å². The van der Waals surface area contributed by atoms with Crippen molar-refractivity contribution in [3.05, 3.63) is 0 Å². The highest BCUT2D eigenvalue weighted by Gasteiger charge is 2.49. The summed E-state index contributed by atoms with van der Waals surface area (Å²) in [7, 11) is 4.99. The number of hydrogen-bond acceptors (Lipinski definition) is 9. The molecule has 3 N–H and O–H groups in total. The molecular formula is C32H59NO8. The second kappa shape index (κ2) is 14.2. The lowest BCUT2D eigenvalue weighted by Gasteiger charge is -2.46. The lowest BCUT2D eigenvalue weighted by molar-refractivity contribution is -0.295. The van der Waals surface area contributed by atoms with Crippen molar-refractivity contribution in [3.63, 3.8) is 0 Å². The molecule has 13 atom stereocenters. The fraction of sp³-hybridized carbons (Fsp3) is 0.938. The van der Waals surface area contributed by atoms with Gasteiger partial charge < -0.3 is 34.3 Å². The Balaban J connectivity index is 2.55. The first-order valence-electron chi connectivity index (χ1n) is 15.4. The molecule has 0 spiro atoms. The van der Waals surface area contributed by atoms with Gasteiger partial charge in [0.05, 0.1) is 35.1 Å². The first kappa shape index (κ1) is 36.3. The topological polar surface area (TPSA) is 127 Å². The van der Waals surface area contributed by atoms with Crippen molar-refractivity contribution in [3.8, 4) is 0 Å². The molecule has 0 aromatic carbocycles. The van der Waals surface area contributed by atoms with Gasteiger partial charge in [0, 0.05) is 51.7 Å². The number of aliphatic hydroxyl groups is 3. The first-order valence-corrected chi connectivity index (χ1v) is 15.4. The molecule has 4 unspecified atom stereocenters. The molecule has 0 amide bonds. The van der Waals surface area contributed by atoms with E-state index in [4.69, 9.17) is 18.9 Å². The van der Waals surface area contributed by atoms with Crippen LogP contribution in [0.4, 0.5) is 0 Å². The molecule has 0 aromatic rings. The normalized spacial score (nSPS) is 48.7. The predicted octanol–water partition coefficient (Wildman–Crippen LogP) is 4.18. The van der Waals surface area contributed by atoms with Gasteiger partial charge in [-0.2, -0.15) is 0 Å². The minimum atomic E-state index is -1.51. The lowest BCUT2D eigenvalue weighted by atomic mass is 9.70. The van der Waals surface area contributed by atoms with Gasteiger partial charge in [0.15, 0.2) is 6.29 Å². The average Bonchev–Trinajstić information content (AvgIpc) is 2.91. The Morgan fingerprint density at radius 3 is 2.07 bits per heavy atom. The van der Waals surface area contributed by atoms with Crippen molar-refractivity contribution >= 4 is 11.5 Å². The summed E-state index contributed by atoms with van der Waals surface area (Å²) < 4.78 is 24.5. The van der Waals surface area contributed by atoms with E-state index in [0.717, 1.165) is 5.71 Å². The molecule has 2 fully saturated rings. The van der Waals surface area contributed by atoms with Gasteiger partial charge in [-0.15, -0.1) is 0 Å². The third-order valence-electron chi connectivity index (χ3n) is 10.4. The van der Waals surface area contributed by atoms with E-state index in [2.05, 4.69) is 25.8 Å². The van der Waals surface area contributed by atoms with Crippen molar-refractivity contribution in [1.29, 1.82) is 0 Å². The highest BCUT2D eigenvalue weighted by atomic mass is 16.7. The van der Waals surface area contributed by atoms with Crippen LogP contribution in [-0.2, 0) is 23.7 Å². The number of Topliss-reactive ketones (excluding diaryl/α,β-unsaturated/α-hetero) is 1. The molecule has 2 rings (SSSR count). The molecule has 1 saturated carbocycles. The Morgan fingerprint density at radius 2 is 1.56 bits per heavy atom. The fourth-order valence-electron chi connectivity index (χ4n) is 7.47. The van der Waals surface area contributed by atoms with Gasteiger partial charge in [0.2, 0.25) is 0 Å². The molecule has 1 heterocycles. The summed E-state index contributed by atoms with van der Waals surface area (Å²) in [5.74, 6) is -1.53. The van der Waals surface area contributed by atoms with Gasteiger partial charge in [-0.1, -0.05) is 41.0 Å². The lowest BCUT2D eigenvalue weighted by Crippen LogP contribution is -2.57. The smallest absolute Gasteiger partial charge is 0.161 e. The van der Waals surface area contributed by atoms with Crippen molar-refractivity contribution in [2.75, 3.05) is 21.3 Å². The van der Waals surface area contributed by atoms with E-state index in [9.17, 15) is 20.1 Å². The Bertz CT molecular complexity index is 895. The van der Waals surface area contributed by atoms with E-state index in [1.54, 1.807) is 35.1 Å². The summed E-state index contributed by atoms with van der Waals surface area (Å²) in [6, 6.07) is 0. The molecule has 0 bridgehead atoms. The standard InChI is InChI=1S/C32H59NO8/c1-13-23-14-24(34)20(4)27(41-25-17-31(8,39-12)29(36)22(6)40-25)19(3)16-30(7,38-11)15-18(2)26(33-10)21(5)28(35)32(23,9)37/h18-23,25,27-29,35-37H,13-17H2,1-12H3/t18-,19-,20?,21?,22?,23+,25+,27+,28?,29+,30-,31-,32-/m1/s1. The number of ether oxygens (including phenoxy) is 4. The van der Waals surface area contributed by atoms with Crippen LogP contribution >= 0.6 is 0 Å². The van der Waals surface area contributed by atoms with Gasteiger partial charge in [-0.25, -0.2) is 0 Å². The van der Waals surface area contributed by atoms with Crippen LogP contribution in [0.25, 0.3) is 0 Å². The zero-order valence-corrected chi connectivity index (χ0v) is 27.6. The Labute approximate surface area is 248 Å². The van der Waals surface area contributed by atoms with Gasteiger partial charge in [0.25, 0.3) is 0 Å². The summed E-state index contributed by atoms with van der Waals surface area (Å²) in [5.41, 5.74) is -2.12. The van der Waals surface area contributed by atoms with Crippen LogP contribution in [0.3, 0.4) is 0 Å². The third kappa shape index (κ3) is 7.97. The van der Waals surface area contributed by atoms with Gasteiger partial charge in [0.1, 0.15) is 11.9 Å². The molecule has 0 aromatic heterocycles. The fourth-order valence-corrected chi connectivity index (χ4v) is 7.47. The molecule has 9 nitrogen and oxygen atoms in total. The number of rotatable bonds is 5. The molecule has 240 valence electrons. The number of hydrogen-bond donors (Lipinski definition) is 3. The molecule has 1 saturated heterocycles. The predicted molar refractivity (Wildman–Crippen MR) is 160 cm³/mol. The highest BCUT2D eigenvalue weighted by molar-refractivity contribution is 5.89. The van der Waals surface area contributed by atoms with Crippen LogP contribution in [0.1, 0.15) is 94.4 Å². The number of ketones is 1. The summed E-state index contributed by atoms with van der Waals surface area (Å²) >= 11 is 0. The van der Waals surface area contributed by atoms with Crippen molar-refractivity contribution in [2.24, 2.45) is 34.6 Å². The zero-order valence-electron chi connectivity index (χ0n) is 27.6. The summed E-state index contributed by atoms with van der Waals surface area (Å²) in [5, 5.41) is 33.8. The van der Waals surface area contributed by atoms with E-state index in [1.807, 2.05) is 27.7 Å².